The van der Waals surface area contributed by atoms with E-state index >= 15 is 0 Å². The summed E-state index contributed by atoms with van der Waals surface area (Å²) < 4.78 is 29.2. The van der Waals surface area contributed by atoms with Crippen LogP contribution in [0.5, 0.6) is 0 Å². The average molecular weight is 342 g/mol. The third kappa shape index (κ3) is 5.51. The van der Waals surface area contributed by atoms with Gasteiger partial charge < -0.3 is 15.8 Å². The van der Waals surface area contributed by atoms with Crippen molar-refractivity contribution in [3.05, 3.63) is 29.8 Å². The number of amides is 1. The first-order valence-corrected chi connectivity index (χ1v) is 9.25. The monoisotopic (exact) mass is 342 g/mol. The number of sulfone groups is 1. The lowest BCUT2D eigenvalue weighted by Gasteiger charge is -2.31. The first kappa shape index (κ1) is 19.4. The molecule has 0 aromatic heterocycles. The molecule has 0 spiro atoms. The molecule has 1 unspecified atom stereocenters. The predicted molar refractivity (Wildman–Crippen MR) is 90.2 cm³/mol. The summed E-state index contributed by atoms with van der Waals surface area (Å²) in [4.78, 5) is 12.1. The van der Waals surface area contributed by atoms with E-state index < -0.39 is 26.9 Å². The Morgan fingerprint density at radius 2 is 1.78 bits per heavy atom. The van der Waals surface area contributed by atoms with Crippen LogP contribution >= 0.6 is 0 Å². The molecule has 130 valence electrons. The Kier molecular flexibility index (Phi) is 5.82. The zero-order valence-corrected chi connectivity index (χ0v) is 15.2. The summed E-state index contributed by atoms with van der Waals surface area (Å²) in [6, 6.07) is 6.69. The number of carbonyl (C=O) groups is 1. The van der Waals surface area contributed by atoms with Gasteiger partial charge in [0.05, 0.1) is 4.90 Å². The Morgan fingerprint density at radius 1 is 1.22 bits per heavy atom. The van der Waals surface area contributed by atoms with E-state index in [0.29, 0.717) is 5.56 Å². The van der Waals surface area contributed by atoms with E-state index in [2.05, 4.69) is 5.32 Å². The fourth-order valence-electron chi connectivity index (χ4n) is 2.15. The lowest BCUT2D eigenvalue weighted by atomic mass is 9.82. The van der Waals surface area contributed by atoms with Gasteiger partial charge in [0.2, 0.25) is 0 Å². The standard InChI is InChI=1S/C16H26N2O4S/c1-15(2,3)22-14(19)18-11-16(4,10-17)12-8-6-7-9-13(12)23(5,20)21/h6-9H,10-11,17H2,1-5H3,(H,18,19). The third-order valence-electron chi connectivity index (χ3n) is 3.41. The minimum atomic E-state index is -3.39. The van der Waals surface area contributed by atoms with Crippen LogP contribution in [0.25, 0.3) is 0 Å². The highest BCUT2D eigenvalue weighted by molar-refractivity contribution is 7.90. The van der Waals surface area contributed by atoms with E-state index in [1.807, 2.05) is 6.92 Å². The van der Waals surface area contributed by atoms with Gasteiger partial charge in [0.1, 0.15) is 5.60 Å². The number of nitrogens with one attached hydrogen (secondary N) is 1. The van der Waals surface area contributed by atoms with Crippen molar-refractivity contribution in [1.82, 2.24) is 5.32 Å². The topological polar surface area (TPSA) is 98.5 Å². The maximum atomic E-state index is 12.0. The molecule has 0 saturated heterocycles. The maximum absolute atomic E-state index is 12.0. The highest BCUT2D eigenvalue weighted by Crippen LogP contribution is 2.28. The van der Waals surface area contributed by atoms with Crippen LogP contribution in [0.1, 0.15) is 33.3 Å². The van der Waals surface area contributed by atoms with Crippen molar-refractivity contribution in [2.24, 2.45) is 5.73 Å². The summed E-state index contributed by atoms with van der Waals surface area (Å²) in [5, 5.41) is 2.67. The molecule has 6 nitrogen and oxygen atoms in total. The molecule has 0 radical (unpaired) electrons. The zero-order chi connectivity index (χ0) is 17.9. The number of benzene rings is 1. The molecule has 0 heterocycles. The third-order valence-corrected chi connectivity index (χ3v) is 4.56. The van der Waals surface area contributed by atoms with Crippen LogP contribution in [0.3, 0.4) is 0 Å². The van der Waals surface area contributed by atoms with Crippen LogP contribution in [0.15, 0.2) is 29.2 Å². The van der Waals surface area contributed by atoms with Crippen LogP contribution in [0, 0.1) is 0 Å². The van der Waals surface area contributed by atoms with E-state index in [9.17, 15) is 13.2 Å². The number of hydrogen-bond donors (Lipinski definition) is 2. The molecule has 1 rings (SSSR count). The van der Waals surface area contributed by atoms with E-state index in [4.69, 9.17) is 10.5 Å². The summed E-state index contributed by atoms with van der Waals surface area (Å²) in [6.45, 7) is 7.48. The molecular weight excluding hydrogens is 316 g/mol. The number of ether oxygens (including phenoxy) is 1. The second-order valence-electron chi connectivity index (χ2n) is 6.89. The number of alkyl carbamates (subject to hydrolysis) is 1. The van der Waals surface area contributed by atoms with Crippen molar-refractivity contribution in [3.8, 4) is 0 Å². The Balaban J connectivity index is 3.06. The van der Waals surface area contributed by atoms with Crippen molar-refractivity contribution in [2.45, 2.75) is 43.6 Å². The normalized spacial score (nSPS) is 14.9. The van der Waals surface area contributed by atoms with Gasteiger partial charge in [0, 0.05) is 24.8 Å². The van der Waals surface area contributed by atoms with Crippen LogP contribution in [0.2, 0.25) is 0 Å². The summed E-state index contributed by atoms with van der Waals surface area (Å²) in [6.07, 6.45) is 0.596. The molecule has 0 bridgehead atoms. The molecular formula is C16H26N2O4S. The van der Waals surface area contributed by atoms with Crippen molar-refractivity contribution < 1.29 is 17.9 Å². The van der Waals surface area contributed by atoms with Crippen molar-refractivity contribution in [3.63, 3.8) is 0 Å². The summed E-state index contributed by atoms with van der Waals surface area (Å²) in [7, 11) is -3.39. The summed E-state index contributed by atoms with van der Waals surface area (Å²) in [5.74, 6) is 0. The largest absolute Gasteiger partial charge is 0.444 e. The van der Waals surface area contributed by atoms with Crippen LogP contribution in [-0.2, 0) is 20.0 Å². The Morgan fingerprint density at radius 3 is 2.26 bits per heavy atom. The molecule has 23 heavy (non-hydrogen) atoms. The lowest BCUT2D eigenvalue weighted by Crippen LogP contribution is -2.45. The van der Waals surface area contributed by atoms with Gasteiger partial charge in [-0.2, -0.15) is 0 Å². The molecule has 0 aliphatic carbocycles. The van der Waals surface area contributed by atoms with Gasteiger partial charge in [0.15, 0.2) is 9.84 Å². The fraction of sp³-hybridized carbons (Fsp3) is 0.562. The molecule has 1 aromatic carbocycles. The average Bonchev–Trinajstić information content (AvgIpc) is 2.42. The molecule has 0 aliphatic rings. The summed E-state index contributed by atoms with van der Waals surface area (Å²) >= 11 is 0. The van der Waals surface area contributed by atoms with Crippen molar-refractivity contribution in [2.75, 3.05) is 19.3 Å². The molecule has 0 aliphatic heterocycles. The van der Waals surface area contributed by atoms with Gasteiger partial charge >= 0.3 is 6.09 Å². The SMILES string of the molecule is CC(C)(C)OC(=O)NCC(C)(CN)c1ccccc1S(C)(=O)=O. The first-order valence-electron chi connectivity index (χ1n) is 7.35. The number of rotatable bonds is 5. The molecule has 1 atom stereocenters. The van der Waals surface area contributed by atoms with Crippen LogP contribution in [-0.4, -0.2) is 39.5 Å². The second-order valence-corrected chi connectivity index (χ2v) is 8.87. The lowest BCUT2D eigenvalue weighted by molar-refractivity contribution is 0.0516. The Labute approximate surface area is 138 Å². The highest BCUT2D eigenvalue weighted by Gasteiger charge is 2.31. The van der Waals surface area contributed by atoms with E-state index in [1.165, 1.54) is 0 Å². The Bertz CT molecular complexity index is 665. The van der Waals surface area contributed by atoms with Gasteiger partial charge in [-0.1, -0.05) is 25.1 Å². The van der Waals surface area contributed by atoms with Gasteiger partial charge in [-0.05, 0) is 32.4 Å². The second kappa shape index (κ2) is 6.88. The fourth-order valence-corrected chi connectivity index (χ4v) is 3.19. The molecule has 1 aromatic rings. The van der Waals surface area contributed by atoms with Crippen LogP contribution < -0.4 is 11.1 Å². The summed E-state index contributed by atoms with van der Waals surface area (Å²) in [5.41, 5.74) is 5.13. The van der Waals surface area contributed by atoms with Crippen molar-refractivity contribution in [1.29, 1.82) is 0 Å². The molecule has 1 amide bonds. The Hall–Kier alpha value is -1.60. The molecule has 7 heteroatoms. The first-order chi connectivity index (χ1) is 10.4. The van der Waals surface area contributed by atoms with E-state index in [-0.39, 0.29) is 18.0 Å². The zero-order valence-electron chi connectivity index (χ0n) is 14.3. The van der Waals surface area contributed by atoms with Gasteiger partial charge in [-0.3, -0.25) is 0 Å². The van der Waals surface area contributed by atoms with E-state index in [1.54, 1.807) is 45.0 Å². The maximum Gasteiger partial charge on any atom is 0.407 e. The van der Waals surface area contributed by atoms with Gasteiger partial charge in [-0.25, -0.2) is 13.2 Å². The quantitative estimate of drug-likeness (QED) is 0.850. The van der Waals surface area contributed by atoms with Gasteiger partial charge in [-0.15, -0.1) is 0 Å². The minimum Gasteiger partial charge on any atom is -0.444 e. The van der Waals surface area contributed by atoms with Crippen LogP contribution in [0.4, 0.5) is 4.79 Å². The molecule has 0 saturated carbocycles. The predicted octanol–water partition coefficient (Wildman–Crippen LogP) is 1.83. The number of nitrogens with two attached hydrogens (primary N) is 1. The number of carbonyl (C=O) groups excluding carboxylic acids is 1. The van der Waals surface area contributed by atoms with Gasteiger partial charge in [0.25, 0.3) is 0 Å². The number of hydrogen-bond acceptors (Lipinski definition) is 5. The van der Waals surface area contributed by atoms with E-state index in [0.717, 1.165) is 6.26 Å². The molecule has 3 N–H and O–H groups in total. The molecule has 0 fully saturated rings. The smallest absolute Gasteiger partial charge is 0.407 e. The highest BCUT2D eigenvalue weighted by atomic mass is 32.2. The minimum absolute atomic E-state index is 0.172. The van der Waals surface area contributed by atoms with Crippen molar-refractivity contribution >= 4 is 15.9 Å².